The molecule has 0 spiro atoms. The lowest BCUT2D eigenvalue weighted by atomic mass is 10.1. The predicted molar refractivity (Wildman–Crippen MR) is 147 cm³/mol. The molecule has 3 aromatic rings. The highest BCUT2D eigenvalue weighted by Gasteiger charge is 2.37. The number of urea groups is 1. The van der Waals surface area contributed by atoms with Crippen LogP contribution in [0.3, 0.4) is 0 Å². The van der Waals surface area contributed by atoms with Gasteiger partial charge in [-0.1, -0.05) is 39.1 Å². The van der Waals surface area contributed by atoms with Crippen LogP contribution in [-0.4, -0.2) is 27.7 Å². The van der Waals surface area contributed by atoms with E-state index in [1.807, 2.05) is 0 Å². The maximum Gasteiger partial charge on any atom is 0.335 e. The number of benzene rings is 3. The number of non-ortho nitro benzene ring substituents is 1. The summed E-state index contributed by atoms with van der Waals surface area (Å²) in [6, 6.07) is 8.76. The first-order valence-electron chi connectivity index (χ1n) is 10.3. The molecule has 198 valence electrons. The third-order valence-corrected chi connectivity index (χ3v) is 6.95. The first-order valence-corrected chi connectivity index (χ1v) is 12.7. The van der Waals surface area contributed by atoms with E-state index < -0.39 is 44.6 Å². The summed E-state index contributed by atoms with van der Waals surface area (Å²) >= 11 is 18.5. The Balaban J connectivity index is 1.82. The number of nitrogens with one attached hydrogen (secondary N) is 1. The summed E-state index contributed by atoms with van der Waals surface area (Å²) in [5, 5.41) is 25.0. The van der Waals surface area contributed by atoms with Gasteiger partial charge in [0.1, 0.15) is 11.3 Å². The summed E-state index contributed by atoms with van der Waals surface area (Å²) in [4.78, 5) is 60.2. The van der Waals surface area contributed by atoms with E-state index in [2.05, 4.69) is 37.2 Å². The van der Waals surface area contributed by atoms with E-state index in [0.717, 1.165) is 24.3 Å². The minimum atomic E-state index is -1.02. The molecule has 1 aliphatic rings. The van der Waals surface area contributed by atoms with Gasteiger partial charge in [-0.3, -0.25) is 35.1 Å². The van der Waals surface area contributed by atoms with Gasteiger partial charge in [-0.25, -0.2) is 9.69 Å². The molecule has 1 heterocycles. The van der Waals surface area contributed by atoms with E-state index in [1.165, 1.54) is 30.3 Å². The second-order valence-electron chi connectivity index (χ2n) is 7.63. The minimum Gasteiger partial charge on any atom is -0.448 e. The number of nitro groups is 2. The summed E-state index contributed by atoms with van der Waals surface area (Å²) in [7, 11) is 0. The van der Waals surface area contributed by atoms with Crippen LogP contribution in [-0.2, 0) is 9.59 Å². The number of nitro benzene ring substituents is 2. The molecule has 1 fully saturated rings. The Hall–Kier alpha value is -3.85. The summed E-state index contributed by atoms with van der Waals surface area (Å²) in [5.74, 6) is -2.42. The van der Waals surface area contributed by atoms with E-state index in [1.54, 1.807) is 0 Å². The first-order chi connectivity index (χ1) is 18.4. The average molecular weight is 701 g/mol. The maximum atomic E-state index is 13.3. The number of anilines is 1. The van der Waals surface area contributed by atoms with E-state index in [-0.39, 0.29) is 37.3 Å². The second-order valence-corrected chi connectivity index (χ2v) is 10.2. The van der Waals surface area contributed by atoms with Gasteiger partial charge in [0.15, 0.2) is 0 Å². The molecule has 16 heteroatoms. The lowest BCUT2D eigenvalue weighted by Crippen LogP contribution is -2.54. The molecule has 4 rings (SSSR count). The summed E-state index contributed by atoms with van der Waals surface area (Å²) in [6.45, 7) is 0. The average Bonchev–Trinajstić information content (AvgIpc) is 2.85. The van der Waals surface area contributed by atoms with E-state index in [0.29, 0.717) is 9.37 Å². The summed E-state index contributed by atoms with van der Waals surface area (Å²) < 4.78 is 6.48. The normalized spacial score (nSPS) is 14.4. The van der Waals surface area contributed by atoms with E-state index >= 15 is 0 Å². The molecule has 0 bridgehead atoms. The second kappa shape index (κ2) is 11.1. The van der Waals surface area contributed by atoms with Crippen LogP contribution in [0.5, 0.6) is 11.5 Å². The summed E-state index contributed by atoms with van der Waals surface area (Å²) in [5.41, 5.74) is -1.57. The first kappa shape index (κ1) is 28.2. The predicted octanol–water partition coefficient (Wildman–Crippen LogP) is 6.79. The van der Waals surface area contributed by atoms with Gasteiger partial charge in [0, 0.05) is 16.1 Å². The standard InChI is InChI=1S/C23H10Br2Cl2N4O8/c24-11-5-10(20(15(25)7-11)39-19-4-2-13(30(35)36)9-18(19)31(37)38)6-14-21(32)28-23(34)29(22(14)33)12-1-3-16(26)17(27)8-12/h1-9H,(H,28,32,34)/b14-6+. The third-order valence-electron chi connectivity index (χ3n) is 5.16. The van der Waals surface area contributed by atoms with Gasteiger partial charge in [0.2, 0.25) is 5.75 Å². The minimum absolute atomic E-state index is 0.0405. The highest BCUT2D eigenvalue weighted by molar-refractivity contribution is 9.11. The van der Waals surface area contributed by atoms with Crippen molar-refractivity contribution in [2.24, 2.45) is 0 Å². The molecule has 1 aliphatic heterocycles. The van der Waals surface area contributed by atoms with Crippen molar-refractivity contribution in [2.75, 3.05) is 4.90 Å². The Labute approximate surface area is 244 Å². The number of halogens is 4. The Kier molecular flexibility index (Phi) is 8.02. The third kappa shape index (κ3) is 5.78. The van der Waals surface area contributed by atoms with Gasteiger partial charge in [0.25, 0.3) is 17.5 Å². The van der Waals surface area contributed by atoms with Crippen molar-refractivity contribution in [1.29, 1.82) is 0 Å². The molecule has 0 radical (unpaired) electrons. The van der Waals surface area contributed by atoms with Gasteiger partial charge in [-0.05, 0) is 58.4 Å². The zero-order chi connectivity index (χ0) is 28.6. The van der Waals surface area contributed by atoms with Crippen LogP contribution in [0.4, 0.5) is 21.9 Å². The van der Waals surface area contributed by atoms with Crippen molar-refractivity contribution in [3.05, 3.63) is 98.9 Å². The number of hydrogen-bond acceptors (Lipinski definition) is 8. The van der Waals surface area contributed by atoms with Gasteiger partial charge in [-0.2, -0.15) is 0 Å². The molecular weight excluding hydrogens is 691 g/mol. The molecule has 39 heavy (non-hydrogen) atoms. The van der Waals surface area contributed by atoms with Crippen LogP contribution < -0.4 is 15.0 Å². The number of hydrogen-bond donors (Lipinski definition) is 1. The van der Waals surface area contributed by atoms with Crippen LogP contribution in [0.25, 0.3) is 6.08 Å². The molecule has 3 aromatic carbocycles. The quantitative estimate of drug-likeness (QED) is 0.127. The Morgan fingerprint density at radius 3 is 2.28 bits per heavy atom. The Morgan fingerprint density at radius 1 is 0.923 bits per heavy atom. The van der Waals surface area contributed by atoms with Gasteiger partial charge in [-0.15, -0.1) is 0 Å². The Morgan fingerprint density at radius 2 is 1.64 bits per heavy atom. The van der Waals surface area contributed by atoms with E-state index in [9.17, 15) is 34.6 Å². The van der Waals surface area contributed by atoms with Crippen molar-refractivity contribution in [2.45, 2.75) is 0 Å². The van der Waals surface area contributed by atoms with Crippen LogP contribution in [0.1, 0.15) is 5.56 Å². The lowest BCUT2D eigenvalue weighted by Gasteiger charge is -2.26. The number of rotatable bonds is 6. The molecule has 1 N–H and O–H groups in total. The SMILES string of the molecule is O=C1NC(=O)N(c2ccc(Cl)c(Cl)c2)C(=O)/C1=C/c1cc(Br)cc(Br)c1Oc1ccc([N+](=O)[O-])cc1[N+](=O)[O-]. The number of ether oxygens (including phenoxy) is 1. The fourth-order valence-electron chi connectivity index (χ4n) is 3.43. The maximum absolute atomic E-state index is 13.3. The van der Waals surface area contributed by atoms with Crippen LogP contribution in [0.15, 0.2) is 63.0 Å². The zero-order valence-corrected chi connectivity index (χ0v) is 23.5. The number of imide groups is 2. The fourth-order valence-corrected chi connectivity index (χ4v) is 5.06. The molecular formula is C23H10Br2Cl2N4O8. The topological polar surface area (TPSA) is 162 Å². The number of carbonyl (C=O) groups is 3. The van der Waals surface area contributed by atoms with Gasteiger partial charge < -0.3 is 4.74 Å². The number of amides is 4. The van der Waals surface area contributed by atoms with Crippen molar-refractivity contribution in [1.82, 2.24) is 5.32 Å². The van der Waals surface area contributed by atoms with Crippen molar-refractivity contribution >= 4 is 96.0 Å². The largest absolute Gasteiger partial charge is 0.448 e. The molecule has 1 saturated heterocycles. The number of carbonyl (C=O) groups excluding carboxylic acids is 3. The smallest absolute Gasteiger partial charge is 0.335 e. The van der Waals surface area contributed by atoms with Crippen LogP contribution >= 0.6 is 55.1 Å². The monoisotopic (exact) mass is 698 g/mol. The van der Waals surface area contributed by atoms with Gasteiger partial charge >= 0.3 is 11.7 Å². The molecule has 12 nitrogen and oxygen atoms in total. The molecule has 0 atom stereocenters. The van der Waals surface area contributed by atoms with E-state index in [4.69, 9.17) is 27.9 Å². The molecule has 0 unspecified atom stereocenters. The van der Waals surface area contributed by atoms with Crippen molar-refractivity contribution < 1.29 is 29.0 Å². The highest BCUT2D eigenvalue weighted by atomic mass is 79.9. The molecule has 0 saturated carbocycles. The molecule has 0 aromatic heterocycles. The number of barbiturate groups is 1. The lowest BCUT2D eigenvalue weighted by molar-refractivity contribution is -0.394. The van der Waals surface area contributed by atoms with Crippen molar-refractivity contribution in [3.63, 3.8) is 0 Å². The summed E-state index contributed by atoms with van der Waals surface area (Å²) in [6.07, 6.45) is 1.12. The fraction of sp³-hybridized carbons (Fsp3) is 0. The van der Waals surface area contributed by atoms with Gasteiger partial charge in [0.05, 0.1) is 36.1 Å². The van der Waals surface area contributed by atoms with Crippen LogP contribution in [0, 0.1) is 20.2 Å². The zero-order valence-electron chi connectivity index (χ0n) is 18.8. The van der Waals surface area contributed by atoms with Crippen molar-refractivity contribution in [3.8, 4) is 11.5 Å². The molecule has 4 amide bonds. The highest BCUT2D eigenvalue weighted by Crippen LogP contribution is 2.41. The van der Waals surface area contributed by atoms with Crippen LogP contribution in [0.2, 0.25) is 10.0 Å². The number of nitrogens with zero attached hydrogens (tertiary/aromatic N) is 3. The molecule has 0 aliphatic carbocycles. The Bertz CT molecular complexity index is 1650.